The zero-order valence-corrected chi connectivity index (χ0v) is 13.2. The topological polar surface area (TPSA) is 70.6 Å². The number of hydrazone groups is 1. The lowest BCUT2D eigenvalue weighted by Crippen LogP contribution is -2.21. The van der Waals surface area contributed by atoms with Crippen molar-refractivity contribution >= 4 is 23.2 Å². The van der Waals surface area contributed by atoms with Crippen LogP contribution in [0.4, 0.5) is 5.69 Å². The second kappa shape index (κ2) is 7.89. The van der Waals surface area contributed by atoms with Crippen LogP contribution in [0.2, 0.25) is 0 Å². The highest BCUT2D eigenvalue weighted by Crippen LogP contribution is 2.06. The molecule has 0 atom stereocenters. The summed E-state index contributed by atoms with van der Waals surface area (Å²) in [6.07, 6.45) is 0.114. The van der Waals surface area contributed by atoms with E-state index in [1.807, 2.05) is 49.4 Å². The number of carbonyl (C=O) groups excluding carboxylic acids is 2. The normalized spacial score (nSPS) is 11.0. The number of anilines is 1. The van der Waals surface area contributed by atoms with E-state index < -0.39 is 0 Å². The summed E-state index contributed by atoms with van der Waals surface area (Å²) in [5.74, 6) is -0.473. The third-order valence-corrected chi connectivity index (χ3v) is 3.10. The minimum atomic E-state index is -0.295. The lowest BCUT2D eigenvalue weighted by atomic mass is 10.1. The van der Waals surface area contributed by atoms with E-state index in [1.165, 1.54) is 0 Å². The van der Waals surface area contributed by atoms with Gasteiger partial charge in [0.1, 0.15) is 0 Å². The molecule has 0 aromatic heterocycles. The minimum Gasteiger partial charge on any atom is -0.326 e. The largest absolute Gasteiger partial charge is 0.326 e. The molecule has 0 aliphatic rings. The molecule has 0 heterocycles. The summed E-state index contributed by atoms with van der Waals surface area (Å²) in [7, 11) is 0. The van der Waals surface area contributed by atoms with Gasteiger partial charge in [0.2, 0.25) is 5.91 Å². The number of amides is 2. The lowest BCUT2D eigenvalue weighted by Gasteiger charge is -2.05. The van der Waals surface area contributed by atoms with E-state index in [0.29, 0.717) is 11.3 Å². The molecule has 23 heavy (non-hydrogen) atoms. The molecule has 0 saturated carbocycles. The van der Waals surface area contributed by atoms with Gasteiger partial charge in [-0.3, -0.25) is 9.59 Å². The van der Waals surface area contributed by atoms with E-state index in [9.17, 15) is 9.59 Å². The summed E-state index contributed by atoms with van der Waals surface area (Å²) in [4.78, 5) is 23.8. The molecule has 2 amide bonds. The molecule has 0 saturated heterocycles. The Balaban J connectivity index is 1.87. The van der Waals surface area contributed by atoms with Gasteiger partial charge in [-0.1, -0.05) is 35.9 Å². The fraction of sp³-hybridized carbons (Fsp3) is 0.167. The van der Waals surface area contributed by atoms with E-state index in [0.717, 1.165) is 11.3 Å². The zero-order chi connectivity index (χ0) is 16.7. The summed E-state index contributed by atoms with van der Waals surface area (Å²) in [6.45, 7) is 3.61. The van der Waals surface area contributed by atoms with Crippen LogP contribution in [-0.4, -0.2) is 17.5 Å². The summed E-state index contributed by atoms with van der Waals surface area (Å²) >= 11 is 0. The molecule has 0 radical (unpaired) electrons. The van der Waals surface area contributed by atoms with Crippen molar-refractivity contribution in [3.05, 3.63) is 65.7 Å². The number of benzene rings is 2. The van der Waals surface area contributed by atoms with Gasteiger partial charge in [-0.15, -0.1) is 0 Å². The molecule has 0 unspecified atom stereocenters. The van der Waals surface area contributed by atoms with Gasteiger partial charge < -0.3 is 5.32 Å². The molecule has 5 nitrogen and oxygen atoms in total. The Labute approximate surface area is 135 Å². The van der Waals surface area contributed by atoms with Gasteiger partial charge in [-0.2, -0.15) is 5.10 Å². The molecule has 2 aromatic rings. The van der Waals surface area contributed by atoms with Crippen LogP contribution in [-0.2, 0) is 4.79 Å². The maximum atomic E-state index is 12.0. The van der Waals surface area contributed by atoms with E-state index >= 15 is 0 Å². The van der Waals surface area contributed by atoms with Crippen LogP contribution in [0.15, 0.2) is 59.7 Å². The third kappa shape index (κ3) is 5.39. The summed E-state index contributed by atoms with van der Waals surface area (Å²) in [6, 6.07) is 16.4. The second-order valence-corrected chi connectivity index (χ2v) is 5.25. The van der Waals surface area contributed by atoms with E-state index in [2.05, 4.69) is 15.8 Å². The molecule has 0 aliphatic carbocycles. The molecule has 0 bridgehead atoms. The highest BCUT2D eigenvalue weighted by Gasteiger charge is 2.07. The van der Waals surface area contributed by atoms with Crippen molar-refractivity contribution in [2.24, 2.45) is 5.10 Å². The van der Waals surface area contributed by atoms with Crippen molar-refractivity contribution in [1.82, 2.24) is 5.43 Å². The maximum absolute atomic E-state index is 12.0. The molecule has 2 N–H and O–H groups in total. The Kier molecular flexibility index (Phi) is 5.63. The number of nitrogens with one attached hydrogen (secondary N) is 2. The van der Waals surface area contributed by atoms with Crippen molar-refractivity contribution in [3.63, 3.8) is 0 Å². The van der Waals surface area contributed by atoms with Crippen LogP contribution in [0.1, 0.15) is 29.3 Å². The van der Waals surface area contributed by atoms with Crippen LogP contribution in [0.25, 0.3) is 0 Å². The highest BCUT2D eigenvalue weighted by atomic mass is 16.2. The van der Waals surface area contributed by atoms with Crippen LogP contribution in [0.3, 0.4) is 0 Å². The van der Waals surface area contributed by atoms with Crippen LogP contribution in [0, 0.1) is 6.92 Å². The van der Waals surface area contributed by atoms with Gasteiger partial charge >= 0.3 is 0 Å². The molecule has 0 fully saturated rings. The predicted octanol–water partition coefficient (Wildman–Crippen LogP) is 3.13. The molecular formula is C18H19N3O2. The summed E-state index contributed by atoms with van der Waals surface area (Å²) in [5.41, 5.74) is 5.26. The monoisotopic (exact) mass is 309 g/mol. The van der Waals surface area contributed by atoms with Crippen molar-refractivity contribution in [1.29, 1.82) is 0 Å². The van der Waals surface area contributed by atoms with Gasteiger partial charge in [0, 0.05) is 17.0 Å². The first-order chi connectivity index (χ1) is 11.0. The molecule has 2 rings (SSSR count). The molecule has 0 spiro atoms. The summed E-state index contributed by atoms with van der Waals surface area (Å²) < 4.78 is 0. The number of nitrogens with zero attached hydrogens (tertiary/aromatic N) is 1. The number of hydrogen-bond acceptors (Lipinski definition) is 3. The van der Waals surface area contributed by atoms with Crippen molar-refractivity contribution in [3.8, 4) is 0 Å². The van der Waals surface area contributed by atoms with Crippen LogP contribution >= 0.6 is 0 Å². The van der Waals surface area contributed by atoms with Gasteiger partial charge in [-0.05, 0) is 38.1 Å². The first-order valence-electron chi connectivity index (χ1n) is 7.29. The Hall–Kier alpha value is -2.95. The Morgan fingerprint density at radius 3 is 2.48 bits per heavy atom. The van der Waals surface area contributed by atoms with Gasteiger partial charge in [0.15, 0.2) is 0 Å². The Bertz CT molecular complexity index is 724. The highest BCUT2D eigenvalue weighted by molar-refractivity contribution is 6.06. The van der Waals surface area contributed by atoms with Crippen molar-refractivity contribution in [2.75, 3.05) is 5.32 Å². The molecule has 5 heteroatoms. The summed E-state index contributed by atoms with van der Waals surface area (Å²) in [5, 5.41) is 6.74. The number of rotatable bonds is 5. The maximum Gasteiger partial charge on any atom is 0.271 e. The van der Waals surface area contributed by atoms with Gasteiger partial charge in [-0.25, -0.2) is 5.43 Å². The smallest absolute Gasteiger partial charge is 0.271 e. The third-order valence-electron chi connectivity index (χ3n) is 3.10. The quantitative estimate of drug-likeness (QED) is 0.658. The number of aryl methyl sites for hydroxylation is 1. The fourth-order valence-electron chi connectivity index (χ4n) is 2.00. The average Bonchev–Trinajstić information content (AvgIpc) is 2.53. The van der Waals surface area contributed by atoms with Crippen LogP contribution < -0.4 is 10.7 Å². The lowest BCUT2D eigenvalue weighted by molar-refractivity contribution is -0.115. The van der Waals surface area contributed by atoms with E-state index in [4.69, 9.17) is 0 Å². The predicted molar refractivity (Wildman–Crippen MR) is 91.4 cm³/mol. The first-order valence-corrected chi connectivity index (χ1v) is 7.29. The molecule has 118 valence electrons. The Morgan fingerprint density at radius 2 is 1.78 bits per heavy atom. The van der Waals surface area contributed by atoms with Crippen LogP contribution in [0.5, 0.6) is 0 Å². The zero-order valence-electron chi connectivity index (χ0n) is 13.2. The molecular weight excluding hydrogens is 290 g/mol. The van der Waals surface area contributed by atoms with Crippen molar-refractivity contribution in [2.45, 2.75) is 20.3 Å². The average molecular weight is 309 g/mol. The standard InChI is InChI=1S/C18H19N3O2/c1-13-7-6-8-15(11-13)18(23)21-20-14(2)12-17(22)19-16-9-4-3-5-10-16/h3-11H,12H2,1-2H3,(H,19,22)(H,21,23)/b20-14+. The SMILES string of the molecule is C/C(CC(=O)Nc1ccccc1)=N\NC(=O)c1cccc(C)c1. The second-order valence-electron chi connectivity index (χ2n) is 5.25. The first kappa shape index (κ1) is 16.4. The Morgan fingerprint density at radius 1 is 1.04 bits per heavy atom. The fourth-order valence-corrected chi connectivity index (χ4v) is 2.00. The molecule has 0 aliphatic heterocycles. The minimum absolute atomic E-state index is 0.114. The number of para-hydroxylation sites is 1. The number of carbonyl (C=O) groups is 2. The van der Waals surface area contributed by atoms with Gasteiger partial charge in [0.25, 0.3) is 5.91 Å². The molecule has 2 aromatic carbocycles. The van der Waals surface area contributed by atoms with Gasteiger partial charge in [0.05, 0.1) is 6.42 Å². The van der Waals surface area contributed by atoms with Crippen molar-refractivity contribution < 1.29 is 9.59 Å². The van der Waals surface area contributed by atoms with E-state index in [1.54, 1.807) is 19.1 Å². The van der Waals surface area contributed by atoms with E-state index in [-0.39, 0.29) is 18.2 Å². The number of hydrogen-bond donors (Lipinski definition) is 2.